The van der Waals surface area contributed by atoms with Gasteiger partial charge in [0.05, 0.1) is 19.8 Å². The lowest BCUT2D eigenvalue weighted by molar-refractivity contribution is 0.0600. The standard InChI is InChI=1S/C12H17NO4/c1-8(7-13)17-10-5-4-9(12(14)16-3)6-11(10)15-2/h4-6,8H,7,13H2,1-3H3. The quantitative estimate of drug-likeness (QED) is 0.782. The van der Waals surface area contributed by atoms with Gasteiger partial charge in [-0.05, 0) is 25.1 Å². The van der Waals surface area contributed by atoms with Gasteiger partial charge in [-0.3, -0.25) is 0 Å². The topological polar surface area (TPSA) is 70.8 Å². The van der Waals surface area contributed by atoms with Crippen LogP contribution in [0.5, 0.6) is 11.5 Å². The van der Waals surface area contributed by atoms with Crippen molar-refractivity contribution in [2.45, 2.75) is 13.0 Å². The van der Waals surface area contributed by atoms with Crippen molar-refractivity contribution >= 4 is 5.97 Å². The zero-order valence-electron chi connectivity index (χ0n) is 10.2. The molecule has 0 saturated carbocycles. The lowest BCUT2D eigenvalue weighted by Gasteiger charge is -2.15. The summed E-state index contributed by atoms with van der Waals surface area (Å²) in [6.45, 7) is 2.26. The van der Waals surface area contributed by atoms with Crippen LogP contribution in [0.25, 0.3) is 0 Å². The number of rotatable bonds is 5. The van der Waals surface area contributed by atoms with Crippen LogP contribution in [0.4, 0.5) is 0 Å². The second-order valence-electron chi connectivity index (χ2n) is 3.52. The number of methoxy groups -OCH3 is 2. The molecule has 1 rings (SSSR count). The fourth-order valence-electron chi connectivity index (χ4n) is 1.27. The summed E-state index contributed by atoms with van der Waals surface area (Å²) >= 11 is 0. The molecule has 1 aromatic rings. The van der Waals surface area contributed by atoms with E-state index in [1.54, 1.807) is 18.2 Å². The van der Waals surface area contributed by atoms with Gasteiger partial charge in [0.15, 0.2) is 11.5 Å². The molecule has 17 heavy (non-hydrogen) atoms. The summed E-state index contributed by atoms with van der Waals surface area (Å²) in [4.78, 5) is 11.3. The second kappa shape index (κ2) is 6.10. The van der Waals surface area contributed by atoms with Crippen LogP contribution in [0, 0.1) is 0 Å². The molecule has 0 aromatic heterocycles. The first-order valence-electron chi connectivity index (χ1n) is 5.25. The lowest BCUT2D eigenvalue weighted by atomic mass is 10.2. The predicted octanol–water partition coefficient (Wildman–Crippen LogP) is 1.21. The summed E-state index contributed by atoms with van der Waals surface area (Å²) in [6, 6.07) is 4.86. The minimum atomic E-state index is -0.415. The third kappa shape index (κ3) is 3.35. The highest BCUT2D eigenvalue weighted by Gasteiger charge is 2.12. The van der Waals surface area contributed by atoms with Gasteiger partial charge in [-0.15, -0.1) is 0 Å². The molecular weight excluding hydrogens is 222 g/mol. The zero-order valence-corrected chi connectivity index (χ0v) is 10.2. The molecule has 1 atom stereocenters. The molecule has 0 bridgehead atoms. The lowest BCUT2D eigenvalue weighted by Crippen LogP contribution is -2.23. The zero-order chi connectivity index (χ0) is 12.8. The minimum absolute atomic E-state index is 0.118. The molecule has 1 unspecified atom stereocenters. The molecular formula is C12H17NO4. The fourth-order valence-corrected chi connectivity index (χ4v) is 1.27. The van der Waals surface area contributed by atoms with Crippen LogP contribution in [-0.2, 0) is 4.74 Å². The van der Waals surface area contributed by atoms with Crippen molar-refractivity contribution in [3.63, 3.8) is 0 Å². The van der Waals surface area contributed by atoms with Crippen molar-refractivity contribution in [1.82, 2.24) is 0 Å². The molecule has 5 nitrogen and oxygen atoms in total. The fraction of sp³-hybridized carbons (Fsp3) is 0.417. The normalized spacial score (nSPS) is 11.8. The van der Waals surface area contributed by atoms with Crippen molar-refractivity contribution < 1.29 is 19.0 Å². The Balaban J connectivity index is 2.97. The van der Waals surface area contributed by atoms with E-state index in [0.717, 1.165) is 0 Å². The predicted molar refractivity (Wildman–Crippen MR) is 63.5 cm³/mol. The first-order valence-corrected chi connectivity index (χ1v) is 5.25. The molecule has 94 valence electrons. The van der Waals surface area contributed by atoms with E-state index in [9.17, 15) is 4.79 Å². The van der Waals surface area contributed by atoms with Gasteiger partial charge in [-0.2, -0.15) is 0 Å². The molecule has 0 aliphatic rings. The summed E-state index contributed by atoms with van der Waals surface area (Å²) in [7, 11) is 2.84. The second-order valence-corrected chi connectivity index (χ2v) is 3.52. The highest BCUT2D eigenvalue weighted by atomic mass is 16.5. The minimum Gasteiger partial charge on any atom is -0.493 e. The van der Waals surface area contributed by atoms with Gasteiger partial charge in [-0.25, -0.2) is 4.79 Å². The molecule has 0 fully saturated rings. The van der Waals surface area contributed by atoms with E-state index in [2.05, 4.69) is 4.74 Å². The molecule has 0 aliphatic carbocycles. The monoisotopic (exact) mass is 239 g/mol. The summed E-state index contributed by atoms with van der Waals surface area (Å²) in [5.41, 5.74) is 5.89. The van der Waals surface area contributed by atoms with E-state index in [-0.39, 0.29) is 6.10 Å². The average molecular weight is 239 g/mol. The van der Waals surface area contributed by atoms with E-state index in [4.69, 9.17) is 15.2 Å². The van der Waals surface area contributed by atoms with Crippen molar-refractivity contribution in [3.8, 4) is 11.5 Å². The van der Waals surface area contributed by atoms with E-state index >= 15 is 0 Å². The van der Waals surface area contributed by atoms with Gasteiger partial charge < -0.3 is 19.9 Å². The van der Waals surface area contributed by atoms with Crippen molar-refractivity contribution in [2.24, 2.45) is 5.73 Å². The van der Waals surface area contributed by atoms with Crippen LogP contribution in [0.15, 0.2) is 18.2 Å². The Labute approximate surface area is 100 Å². The molecule has 0 spiro atoms. The van der Waals surface area contributed by atoms with Crippen molar-refractivity contribution in [3.05, 3.63) is 23.8 Å². The van der Waals surface area contributed by atoms with E-state index in [1.807, 2.05) is 6.92 Å². The van der Waals surface area contributed by atoms with Crippen LogP contribution < -0.4 is 15.2 Å². The highest BCUT2D eigenvalue weighted by molar-refractivity contribution is 5.90. The Morgan fingerprint density at radius 1 is 1.35 bits per heavy atom. The van der Waals surface area contributed by atoms with Crippen LogP contribution in [0.3, 0.4) is 0 Å². The van der Waals surface area contributed by atoms with E-state index in [0.29, 0.717) is 23.6 Å². The summed E-state index contributed by atoms with van der Waals surface area (Å²) in [5, 5.41) is 0. The number of esters is 1. The van der Waals surface area contributed by atoms with Gasteiger partial charge in [-0.1, -0.05) is 0 Å². The molecule has 1 aromatic carbocycles. The number of carbonyl (C=O) groups excluding carboxylic acids is 1. The van der Waals surface area contributed by atoms with Crippen LogP contribution in [0.1, 0.15) is 17.3 Å². The Kier molecular flexibility index (Phi) is 4.78. The van der Waals surface area contributed by atoms with Crippen LogP contribution in [-0.4, -0.2) is 32.8 Å². The Morgan fingerprint density at radius 3 is 2.59 bits per heavy atom. The number of benzene rings is 1. The number of hydrogen-bond donors (Lipinski definition) is 1. The number of carbonyl (C=O) groups is 1. The molecule has 2 N–H and O–H groups in total. The Bertz CT molecular complexity index is 392. The maximum Gasteiger partial charge on any atom is 0.337 e. The maximum absolute atomic E-state index is 11.3. The van der Waals surface area contributed by atoms with Crippen molar-refractivity contribution in [2.75, 3.05) is 20.8 Å². The SMILES string of the molecule is COC(=O)c1ccc(OC(C)CN)c(OC)c1. The Morgan fingerprint density at radius 2 is 2.06 bits per heavy atom. The summed E-state index contributed by atoms with van der Waals surface area (Å²) < 4.78 is 15.3. The van der Waals surface area contributed by atoms with E-state index in [1.165, 1.54) is 14.2 Å². The van der Waals surface area contributed by atoms with Gasteiger partial charge in [0.2, 0.25) is 0 Å². The number of nitrogens with two attached hydrogens (primary N) is 1. The molecule has 5 heteroatoms. The maximum atomic E-state index is 11.3. The van der Waals surface area contributed by atoms with Gasteiger partial charge in [0.25, 0.3) is 0 Å². The molecule has 0 heterocycles. The smallest absolute Gasteiger partial charge is 0.337 e. The first-order chi connectivity index (χ1) is 8.12. The number of ether oxygens (including phenoxy) is 3. The third-order valence-electron chi connectivity index (χ3n) is 2.24. The van der Waals surface area contributed by atoms with Crippen molar-refractivity contribution in [1.29, 1.82) is 0 Å². The molecule has 0 aliphatic heterocycles. The molecule has 0 amide bonds. The first kappa shape index (κ1) is 13.3. The van der Waals surface area contributed by atoms with Gasteiger partial charge in [0.1, 0.15) is 6.10 Å². The van der Waals surface area contributed by atoms with Crippen LogP contribution in [0.2, 0.25) is 0 Å². The van der Waals surface area contributed by atoms with E-state index < -0.39 is 5.97 Å². The van der Waals surface area contributed by atoms with Gasteiger partial charge >= 0.3 is 5.97 Å². The Hall–Kier alpha value is -1.75. The largest absolute Gasteiger partial charge is 0.493 e. The summed E-state index contributed by atoms with van der Waals surface area (Å²) in [6.07, 6.45) is -0.118. The third-order valence-corrected chi connectivity index (χ3v) is 2.24. The van der Waals surface area contributed by atoms with Crippen LogP contribution >= 0.6 is 0 Å². The summed E-state index contributed by atoms with van der Waals surface area (Å²) in [5.74, 6) is 0.619. The number of hydrogen-bond acceptors (Lipinski definition) is 5. The average Bonchev–Trinajstić information content (AvgIpc) is 2.37. The molecule has 0 saturated heterocycles. The highest BCUT2D eigenvalue weighted by Crippen LogP contribution is 2.29. The molecule has 0 radical (unpaired) electrons. The van der Waals surface area contributed by atoms with Gasteiger partial charge in [0, 0.05) is 6.54 Å².